The lowest BCUT2D eigenvalue weighted by molar-refractivity contribution is 0.0697. The molecule has 0 radical (unpaired) electrons. The van der Waals surface area contributed by atoms with Gasteiger partial charge in [-0.3, -0.25) is 0 Å². The quantitative estimate of drug-likeness (QED) is 0.864. The number of hydrogen-bond acceptors (Lipinski definition) is 3. The van der Waals surface area contributed by atoms with Gasteiger partial charge in [0.15, 0.2) is 0 Å². The molecule has 0 spiro atoms. The number of aromatic carboxylic acids is 1. The molecule has 2 aromatic carbocycles. The van der Waals surface area contributed by atoms with Crippen molar-refractivity contribution in [1.82, 2.24) is 0 Å². The predicted octanol–water partition coefficient (Wildman–Crippen LogP) is 3.01. The van der Waals surface area contributed by atoms with Crippen LogP contribution in [0, 0.1) is 0 Å². The molecule has 0 aliphatic carbocycles. The highest BCUT2D eigenvalue weighted by Crippen LogP contribution is 2.17. The first-order valence-electron chi connectivity index (χ1n) is 5.89. The lowest BCUT2D eigenvalue weighted by Gasteiger charge is -2.08. The van der Waals surface area contributed by atoms with E-state index in [1.165, 1.54) is 0 Å². The molecule has 0 saturated heterocycles. The van der Waals surface area contributed by atoms with Gasteiger partial charge >= 0.3 is 5.97 Å². The van der Waals surface area contributed by atoms with Gasteiger partial charge in [-0.1, -0.05) is 18.2 Å². The van der Waals surface area contributed by atoms with Crippen LogP contribution in [0.2, 0.25) is 0 Å². The number of nitrogens with one attached hydrogen (secondary N) is 1. The van der Waals surface area contributed by atoms with Gasteiger partial charge in [-0.25, -0.2) is 4.79 Å². The second kappa shape index (κ2) is 5.91. The van der Waals surface area contributed by atoms with E-state index in [9.17, 15) is 4.79 Å². The summed E-state index contributed by atoms with van der Waals surface area (Å²) in [6.45, 7) is 0.632. The molecule has 19 heavy (non-hydrogen) atoms. The molecule has 0 saturated carbocycles. The van der Waals surface area contributed by atoms with Crippen molar-refractivity contribution in [2.75, 3.05) is 12.4 Å². The molecular weight excluding hydrogens is 242 g/mol. The highest BCUT2D eigenvalue weighted by atomic mass is 16.5. The molecule has 0 amide bonds. The summed E-state index contributed by atoms with van der Waals surface area (Å²) in [4.78, 5) is 10.7. The Balaban J connectivity index is 1.99. The Hall–Kier alpha value is -2.49. The maximum Gasteiger partial charge on any atom is 0.335 e. The van der Waals surface area contributed by atoms with Crippen LogP contribution >= 0.6 is 0 Å². The Morgan fingerprint density at radius 1 is 1.21 bits per heavy atom. The molecule has 98 valence electrons. The number of hydrogen-bond donors (Lipinski definition) is 2. The fourth-order valence-electron chi connectivity index (χ4n) is 1.70. The first-order valence-corrected chi connectivity index (χ1v) is 5.89. The zero-order valence-corrected chi connectivity index (χ0v) is 10.6. The molecule has 2 N–H and O–H groups in total. The summed E-state index contributed by atoms with van der Waals surface area (Å²) >= 11 is 0. The van der Waals surface area contributed by atoms with Gasteiger partial charge in [0.25, 0.3) is 0 Å². The summed E-state index contributed by atoms with van der Waals surface area (Å²) in [5, 5.41) is 12.1. The smallest absolute Gasteiger partial charge is 0.335 e. The van der Waals surface area contributed by atoms with Crippen molar-refractivity contribution in [3.8, 4) is 5.75 Å². The molecule has 2 aromatic rings. The molecule has 4 heteroatoms. The molecule has 4 nitrogen and oxygen atoms in total. The number of carbonyl (C=O) groups is 1. The number of methoxy groups -OCH3 is 1. The van der Waals surface area contributed by atoms with Crippen LogP contribution < -0.4 is 10.1 Å². The van der Waals surface area contributed by atoms with Gasteiger partial charge in [-0.2, -0.15) is 0 Å². The van der Waals surface area contributed by atoms with Crippen LogP contribution in [0.15, 0.2) is 48.5 Å². The molecule has 0 aromatic heterocycles. The van der Waals surface area contributed by atoms with Crippen molar-refractivity contribution in [3.05, 3.63) is 59.7 Å². The predicted molar refractivity (Wildman–Crippen MR) is 73.7 cm³/mol. The second-order valence-electron chi connectivity index (χ2n) is 4.09. The Labute approximate surface area is 111 Å². The fourth-order valence-corrected chi connectivity index (χ4v) is 1.70. The lowest BCUT2D eigenvalue weighted by Crippen LogP contribution is -2.01. The molecule has 0 bridgehead atoms. The fraction of sp³-hybridized carbons (Fsp3) is 0.133. The first-order chi connectivity index (χ1) is 9.19. The number of carboxylic acids is 1. The van der Waals surface area contributed by atoms with E-state index in [1.54, 1.807) is 31.4 Å². The molecular formula is C15H15NO3. The molecule has 0 aliphatic rings. The van der Waals surface area contributed by atoms with Gasteiger partial charge in [0, 0.05) is 18.3 Å². The summed E-state index contributed by atoms with van der Waals surface area (Å²) < 4.78 is 5.14. The average Bonchev–Trinajstić information content (AvgIpc) is 2.46. The van der Waals surface area contributed by atoms with Gasteiger partial charge in [0.2, 0.25) is 0 Å². The minimum absolute atomic E-state index is 0.296. The maximum absolute atomic E-state index is 10.7. The van der Waals surface area contributed by atoms with E-state index in [4.69, 9.17) is 9.84 Å². The molecule has 2 rings (SSSR count). The van der Waals surface area contributed by atoms with Crippen LogP contribution in [0.3, 0.4) is 0 Å². The molecule has 0 unspecified atom stereocenters. The number of anilines is 1. The van der Waals surface area contributed by atoms with E-state index in [0.717, 1.165) is 17.0 Å². The van der Waals surface area contributed by atoms with E-state index < -0.39 is 5.97 Å². The summed E-state index contributed by atoms with van der Waals surface area (Å²) in [6, 6.07) is 14.5. The largest absolute Gasteiger partial charge is 0.497 e. The minimum Gasteiger partial charge on any atom is -0.497 e. The molecule has 0 atom stereocenters. The third-order valence-corrected chi connectivity index (χ3v) is 2.77. The summed E-state index contributed by atoms with van der Waals surface area (Å²) in [5.74, 6) is -0.112. The second-order valence-corrected chi connectivity index (χ2v) is 4.09. The van der Waals surface area contributed by atoms with E-state index in [1.807, 2.05) is 24.3 Å². The first kappa shape index (κ1) is 13.0. The van der Waals surface area contributed by atoms with E-state index in [2.05, 4.69) is 5.32 Å². The number of carboxylic acid groups (broad SMARTS) is 1. The third kappa shape index (κ3) is 3.48. The van der Waals surface area contributed by atoms with Crippen molar-refractivity contribution >= 4 is 11.7 Å². The van der Waals surface area contributed by atoms with Crippen LogP contribution in [0.25, 0.3) is 0 Å². The number of benzene rings is 2. The van der Waals surface area contributed by atoms with Gasteiger partial charge in [0.05, 0.1) is 12.7 Å². The SMILES string of the molecule is COc1cccc(NCc2ccc(C(=O)O)cc2)c1. The topological polar surface area (TPSA) is 58.6 Å². The summed E-state index contributed by atoms with van der Waals surface area (Å²) in [5.41, 5.74) is 2.28. The maximum atomic E-state index is 10.7. The summed E-state index contributed by atoms with van der Waals surface area (Å²) in [6.07, 6.45) is 0. The van der Waals surface area contributed by atoms with Crippen molar-refractivity contribution < 1.29 is 14.6 Å². The molecule has 0 aliphatic heterocycles. The lowest BCUT2D eigenvalue weighted by atomic mass is 10.1. The third-order valence-electron chi connectivity index (χ3n) is 2.77. The van der Waals surface area contributed by atoms with E-state index >= 15 is 0 Å². The average molecular weight is 257 g/mol. The van der Waals surface area contributed by atoms with Crippen LogP contribution in [0.4, 0.5) is 5.69 Å². The number of ether oxygens (including phenoxy) is 1. The standard InChI is InChI=1S/C15H15NO3/c1-19-14-4-2-3-13(9-14)16-10-11-5-7-12(8-6-11)15(17)18/h2-9,16H,10H2,1H3,(H,17,18). The molecule has 0 fully saturated rings. The van der Waals surface area contributed by atoms with Crippen molar-refractivity contribution in [3.63, 3.8) is 0 Å². The molecule has 0 heterocycles. The van der Waals surface area contributed by atoms with Crippen LogP contribution in [0.5, 0.6) is 5.75 Å². The Kier molecular flexibility index (Phi) is 4.03. The minimum atomic E-state index is -0.910. The Bertz CT molecular complexity index is 564. The van der Waals surface area contributed by atoms with Crippen LogP contribution in [0.1, 0.15) is 15.9 Å². The zero-order chi connectivity index (χ0) is 13.7. The summed E-state index contributed by atoms with van der Waals surface area (Å²) in [7, 11) is 1.63. The van der Waals surface area contributed by atoms with Crippen LogP contribution in [-0.2, 0) is 6.54 Å². The van der Waals surface area contributed by atoms with Gasteiger partial charge in [-0.05, 0) is 29.8 Å². The number of rotatable bonds is 5. The Morgan fingerprint density at radius 3 is 2.58 bits per heavy atom. The van der Waals surface area contributed by atoms with Crippen molar-refractivity contribution in [2.24, 2.45) is 0 Å². The monoisotopic (exact) mass is 257 g/mol. The highest BCUT2D eigenvalue weighted by Gasteiger charge is 2.01. The normalized spacial score (nSPS) is 9.95. The van der Waals surface area contributed by atoms with Gasteiger partial charge in [-0.15, -0.1) is 0 Å². The zero-order valence-electron chi connectivity index (χ0n) is 10.6. The highest BCUT2D eigenvalue weighted by molar-refractivity contribution is 5.87. The van der Waals surface area contributed by atoms with Gasteiger partial charge in [0.1, 0.15) is 5.75 Å². The van der Waals surface area contributed by atoms with Gasteiger partial charge < -0.3 is 15.2 Å². The van der Waals surface area contributed by atoms with Crippen LogP contribution in [-0.4, -0.2) is 18.2 Å². The Morgan fingerprint density at radius 2 is 1.95 bits per heavy atom. The van der Waals surface area contributed by atoms with Crippen molar-refractivity contribution in [1.29, 1.82) is 0 Å². The van der Waals surface area contributed by atoms with Crippen molar-refractivity contribution in [2.45, 2.75) is 6.54 Å². The van der Waals surface area contributed by atoms with E-state index in [0.29, 0.717) is 12.1 Å². The van der Waals surface area contributed by atoms with E-state index in [-0.39, 0.29) is 0 Å².